The second-order valence-corrected chi connectivity index (χ2v) is 30.3. The van der Waals surface area contributed by atoms with Crippen molar-refractivity contribution in [2.45, 2.75) is 226 Å². The molecule has 4 fully saturated rings. The second kappa shape index (κ2) is 52.5. The molecule has 1 aromatic rings. The van der Waals surface area contributed by atoms with Crippen molar-refractivity contribution < 1.29 is 142 Å². The van der Waals surface area contributed by atoms with Crippen LogP contribution in [-0.2, 0) is 107 Å². The number of likely N-dealkylation sites (tertiary alicyclic amines) is 4. The highest BCUT2D eigenvalue weighted by Crippen LogP contribution is 2.27. The Kier molecular flexibility index (Phi) is 43.5. The van der Waals surface area contributed by atoms with Crippen LogP contribution in [0.3, 0.4) is 0 Å². The predicted molar refractivity (Wildman–Crippen MR) is 429 cm³/mol. The standard InChI is InChI=1S/C74H117N23O29/c1-37(101)59(92-62(114)41(12-4-6-20-76)85-63(115)44(26-57(109)110)87-65(117)45(33-98)89-61(113)40(11-3-5-19-75)86-67(119)49-14-8-22-95(49)71(123)42(17-18-56(107)108)84-55(106)31-80-53(104)29-79-52(103)27-77)69(121)88-43(25-39-28-78-36-83-39)64(116)93-60(38(2)102)70(122)91-47(35-100)73(125)97-24-10-16-51(97)74(126)96-23-9-15-50(96)68(120)90-46(34-99)72(124)94-21-7-13-48(94)66(118)82-30-54(105)81-32-58(111)112/h28,36-38,40-51,59-60,98-102H,3-27,29-35,75-77H2,1-2H3,(H,78,83)(H,79,103)(H,80,104)(H,81,105)(H,82,118)(H,84,106)(H,85,115)(H,86,119)(H,87,117)(H,88,121)(H,89,113)(H,90,120)(H,91,122)(H,92,114)(H,93,116)(H,107,108)(H,109,110)(H,111,112)/t37-,38-,40+,41+,42+,43+,44+,45+,46+,47+,48+,49+,50+,51+,59+,60+/m1/s1. The number of hydrogen-bond acceptors (Lipinski definition) is 30. The van der Waals surface area contributed by atoms with Crippen molar-refractivity contribution in [1.29, 1.82) is 0 Å². The van der Waals surface area contributed by atoms with Crippen LogP contribution in [-0.4, -0.2) is 383 Å². The maximum absolute atomic E-state index is 14.5. The van der Waals surface area contributed by atoms with E-state index in [4.69, 9.17) is 22.3 Å². The normalized spacial score (nSPS) is 18.8. The van der Waals surface area contributed by atoms with Gasteiger partial charge in [-0.2, -0.15) is 0 Å². The molecule has 0 aromatic carbocycles. The third-order valence-electron chi connectivity index (χ3n) is 20.9. The Morgan fingerprint density at radius 1 is 0.405 bits per heavy atom. The summed E-state index contributed by atoms with van der Waals surface area (Å²) >= 11 is 0. The first kappa shape index (κ1) is 104. The van der Waals surface area contributed by atoms with Crippen molar-refractivity contribution in [2.75, 3.05) is 91.8 Å². The molecule has 5 heterocycles. The van der Waals surface area contributed by atoms with Crippen molar-refractivity contribution in [3.8, 4) is 0 Å². The topological polar surface area (TPSA) is 808 Å². The van der Waals surface area contributed by atoms with Gasteiger partial charge >= 0.3 is 17.9 Å². The van der Waals surface area contributed by atoms with E-state index in [1.54, 1.807) is 0 Å². The molecule has 0 saturated carbocycles. The molecule has 126 heavy (non-hydrogen) atoms. The average molecular weight is 1790 g/mol. The molecular formula is C74H117N23O29. The summed E-state index contributed by atoms with van der Waals surface area (Å²) in [5, 5.41) is 114. The third-order valence-corrected chi connectivity index (χ3v) is 20.9. The number of nitrogens with two attached hydrogens (primary N) is 3. The van der Waals surface area contributed by atoms with Gasteiger partial charge in [-0.3, -0.25) is 101 Å². The monoisotopic (exact) mass is 1790 g/mol. The van der Waals surface area contributed by atoms with Gasteiger partial charge in [-0.1, -0.05) is 0 Å². The highest BCUT2D eigenvalue weighted by Gasteiger charge is 2.47. The SMILES string of the molecule is C[C@@H](O)[C@H](NC(=O)[C@H](CCCCN)NC(=O)[C@H](CC(=O)O)NC(=O)[C@H](CO)NC(=O)[C@H](CCCCN)NC(=O)[C@@H]1CCCN1C(=O)[C@H](CCC(=O)O)NC(=O)CNC(=O)CNC(=O)CN)C(=O)N[C@@H](Cc1c[nH]cn1)C(=O)N[C@H](C(=O)N[C@@H](CO)C(=O)N1CCC[C@H]1C(=O)N1CCC[C@H]1C(=O)N[C@@H](CO)C(=O)N1CCC[C@H]1C(=O)NCC(=O)NCC(=O)O)[C@@H](C)O. The van der Waals surface area contributed by atoms with Gasteiger partial charge in [0.05, 0.1) is 76.6 Å². The van der Waals surface area contributed by atoms with Crippen molar-refractivity contribution in [2.24, 2.45) is 17.2 Å². The molecule has 16 atom stereocenters. The smallest absolute Gasteiger partial charge is 0.322 e. The van der Waals surface area contributed by atoms with Crippen LogP contribution in [0.1, 0.15) is 129 Å². The number of aliphatic carboxylic acids is 3. The molecule has 1 aromatic heterocycles. The number of hydrogen-bond donors (Lipinski definition) is 26. The van der Waals surface area contributed by atoms with E-state index in [1.165, 1.54) is 17.4 Å². The van der Waals surface area contributed by atoms with E-state index in [0.29, 0.717) is 6.42 Å². The minimum atomic E-state index is -2.13. The predicted octanol–water partition coefficient (Wildman–Crippen LogP) is -14.4. The van der Waals surface area contributed by atoms with E-state index < -0.39 is 299 Å². The lowest BCUT2D eigenvalue weighted by Gasteiger charge is -2.33. The molecule has 4 saturated heterocycles. The molecule has 5 rings (SSSR count). The molecule has 0 bridgehead atoms. The lowest BCUT2D eigenvalue weighted by atomic mass is 10.0. The molecule has 0 unspecified atom stereocenters. The molecular weight excluding hydrogens is 1670 g/mol. The summed E-state index contributed by atoms with van der Waals surface area (Å²) < 4.78 is 0. The van der Waals surface area contributed by atoms with E-state index in [-0.39, 0.29) is 128 Å². The average Bonchev–Trinajstić information content (AvgIpc) is 1.64. The molecule has 18 amide bonds. The van der Waals surface area contributed by atoms with Crippen LogP contribution < -0.4 is 91.6 Å². The summed E-state index contributed by atoms with van der Waals surface area (Å²) in [6.45, 7) is -4.34. The minimum Gasteiger partial charge on any atom is -0.481 e. The fourth-order valence-electron chi connectivity index (χ4n) is 14.3. The number of H-pyrrole nitrogens is 1. The van der Waals surface area contributed by atoms with Crippen molar-refractivity contribution in [1.82, 2.24) is 104 Å². The zero-order valence-electron chi connectivity index (χ0n) is 69.6. The van der Waals surface area contributed by atoms with Crippen LogP contribution in [0.25, 0.3) is 0 Å². The largest absolute Gasteiger partial charge is 0.481 e. The van der Waals surface area contributed by atoms with Gasteiger partial charge in [0.25, 0.3) is 0 Å². The van der Waals surface area contributed by atoms with E-state index in [0.717, 1.165) is 28.5 Å². The number of nitrogens with zero attached hydrogens (tertiary/aromatic N) is 5. The Morgan fingerprint density at radius 3 is 1.29 bits per heavy atom. The Morgan fingerprint density at radius 2 is 0.802 bits per heavy atom. The van der Waals surface area contributed by atoms with Gasteiger partial charge in [0.1, 0.15) is 91.1 Å². The van der Waals surface area contributed by atoms with E-state index in [1.807, 2.05) is 0 Å². The summed E-state index contributed by atoms with van der Waals surface area (Å²) in [5.74, 6) is -22.8. The number of carbonyl (C=O) groups excluding carboxylic acids is 18. The van der Waals surface area contributed by atoms with E-state index in [2.05, 4.69) is 84.4 Å². The number of aromatic amines is 1. The summed E-state index contributed by atoms with van der Waals surface area (Å²) in [5.41, 5.74) is 16.7. The molecule has 0 radical (unpaired) electrons. The zero-order valence-corrected chi connectivity index (χ0v) is 69.6. The number of carboxylic acid groups (broad SMARTS) is 3. The first-order valence-electron chi connectivity index (χ1n) is 41.1. The number of rotatable bonds is 53. The molecule has 0 spiro atoms. The van der Waals surface area contributed by atoms with Gasteiger partial charge in [-0.05, 0) is 123 Å². The number of aliphatic hydroxyl groups excluding tert-OH is 5. The Hall–Kier alpha value is -12.2. The van der Waals surface area contributed by atoms with Crippen LogP contribution >= 0.6 is 0 Å². The summed E-state index contributed by atoms with van der Waals surface area (Å²) in [6, 6.07) is -23.5. The molecule has 0 aliphatic carbocycles. The third kappa shape index (κ3) is 32.4. The minimum absolute atomic E-state index is 0.0145. The lowest BCUT2D eigenvalue weighted by Crippen LogP contribution is -2.63. The van der Waals surface area contributed by atoms with Crippen LogP contribution in [0.2, 0.25) is 0 Å². The molecule has 52 heteroatoms. The summed E-state index contributed by atoms with van der Waals surface area (Å²) in [7, 11) is 0. The number of carboxylic acids is 3. The van der Waals surface area contributed by atoms with Crippen LogP contribution in [0.15, 0.2) is 12.5 Å². The molecule has 4 aliphatic rings. The van der Waals surface area contributed by atoms with Crippen LogP contribution in [0, 0.1) is 0 Å². The van der Waals surface area contributed by atoms with Gasteiger partial charge in [0, 0.05) is 45.2 Å². The van der Waals surface area contributed by atoms with Crippen molar-refractivity contribution in [3.05, 3.63) is 18.2 Å². The first-order chi connectivity index (χ1) is 59.8. The number of aliphatic hydroxyl groups is 5. The van der Waals surface area contributed by atoms with E-state index >= 15 is 0 Å². The van der Waals surface area contributed by atoms with Gasteiger partial charge in [0.2, 0.25) is 106 Å². The van der Waals surface area contributed by atoms with Gasteiger partial charge in [-0.25, -0.2) is 4.98 Å². The first-order valence-corrected chi connectivity index (χ1v) is 41.1. The molecule has 4 aliphatic heterocycles. The van der Waals surface area contributed by atoms with Crippen molar-refractivity contribution in [3.63, 3.8) is 0 Å². The molecule has 702 valence electrons. The molecule has 52 nitrogen and oxygen atoms in total. The Balaban J connectivity index is 1.25. The lowest BCUT2D eigenvalue weighted by molar-refractivity contribution is -0.149. The fourth-order valence-corrected chi connectivity index (χ4v) is 14.3. The van der Waals surface area contributed by atoms with Crippen molar-refractivity contribution >= 4 is 124 Å². The summed E-state index contributed by atoms with van der Waals surface area (Å²) in [6.07, 6.45) is -2.74. The number of unbranched alkanes of at least 4 members (excludes halogenated alkanes) is 2. The highest BCUT2D eigenvalue weighted by molar-refractivity contribution is 6.02. The van der Waals surface area contributed by atoms with Gasteiger partial charge in [0.15, 0.2) is 0 Å². The number of aromatic nitrogens is 2. The van der Waals surface area contributed by atoms with Gasteiger partial charge in [-0.15, -0.1) is 0 Å². The Labute approximate surface area is 720 Å². The van der Waals surface area contributed by atoms with Crippen LogP contribution in [0.4, 0.5) is 0 Å². The fraction of sp³-hybridized carbons (Fsp3) is 0.676. The maximum atomic E-state index is 14.5. The van der Waals surface area contributed by atoms with Crippen LogP contribution in [0.5, 0.6) is 0 Å². The maximum Gasteiger partial charge on any atom is 0.322 e. The second-order valence-electron chi connectivity index (χ2n) is 30.3. The highest BCUT2D eigenvalue weighted by atomic mass is 16.4. The number of amides is 18. The Bertz CT molecular complexity index is 4010. The number of carbonyl (C=O) groups is 21. The van der Waals surface area contributed by atoms with Gasteiger partial charge < -0.3 is 157 Å². The number of imidazole rings is 1. The quantitative estimate of drug-likeness (QED) is 0.0269. The summed E-state index contributed by atoms with van der Waals surface area (Å²) in [4.78, 5) is 292. The molecule has 29 N–H and O–H groups in total. The number of nitrogens with one attached hydrogen (secondary N) is 15. The van der Waals surface area contributed by atoms with E-state index in [9.17, 15) is 136 Å². The zero-order chi connectivity index (χ0) is 93.6.